The molecule has 5 nitrogen and oxygen atoms in total. The van der Waals surface area contributed by atoms with E-state index in [9.17, 15) is 4.79 Å². The van der Waals surface area contributed by atoms with Crippen molar-refractivity contribution >= 4 is 34.8 Å². The van der Waals surface area contributed by atoms with Crippen molar-refractivity contribution in [3.63, 3.8) is 0 Å². The van der Waals surface area contributed by atoms with Crippen molar-refractivity contribution in [3.05, 3.63) is 45.2 Å². The molecule has 1 amide bonds. The van der Waals surface area contributed by atoms with E-state index in [2.05, 4.69) is 15.5 Å². The summed E-state index contributed by atoms with van der Waals surface area (Å²) in [5, 5.41) is 10.4. The molecule has 0 saturated heterocycles. The molecule has 2 aromatic rings. The number of carbonyl (C=O) groups is 1. The van der Waals surface area contributed by atoms with E-state index < -0.39 is 0 Å². The van der Waals surface area contributed by atoms with Gasteiger partial charge in [-0.2, -0.15) is 5.10 Å². The quantitative estimate of drug-likeness (QED) is 0.895. The average Bonchev–Trinajstić information content (AvgIpc) is 2.87. The van der Waals surface area contributed by atoms with Gasteiger partial charge in [0.1, 0.15) is 0 Å². The molecule has 2 heterocycles. The van der Waals surface area contributed by atoms with Crippen molar-refractivity contribution in [1.29, 1.82) is 0 Å². The molecule has 20 heavy (non-hydrogen) atoms. The van der Waals surface area contributed by atoms with Crippen LogP contribution in [0.4, 0.5) is 5.69 Å². The Hall–Kier alpha value is -1.56. The van der Waals surface area contributed by atoms with Crippen LogP contribution in [0.5, 0.6) is 0 Å². The zero-order chi connectivity index (χ0) is 14.1. The Balaban J connectivity index is 1.89. The van der Waals surface area contributed by atoms with Gasteiger partial charge in [-0.1, -0.05) is 29.3 Å². The van der Waals surface area contributed by atoms with Crippen molar-refractivity contribution < 1.29 is 9.53 Å². The first-order valence-corrected chi connectivity index (χ1v) is 6.81. The third-order valence-corrected chi connectivity index (χ3v) is 3.74. The highest BCUT2D eigenvalue weighted by atomic mass is 35.5. The van der Waals surface area contributed by atoms with Crippen molar-refractivity contribution in [3.8, 4) is 0 Å². The molecular weight excluding hydrogens is 301 g/mol. The second kappa shape index (κ2) is 5.44. The minimum atomic E-state index is -0.358. The summed E-state index contributed by atoms with van der Waals surface area (Å²) in [4.78, 5) is 12.3. The van der Waals surface area contributed by atoms with Gasteiger partial charge in [-0.05, 0) is 12.1 Å². The van der Waals surface area contributed by atoms with Crippen molar-refractivity contribution in [2.45, 2.75) is 13.0 Å². The summed E-state index contributed by atoms with van der Waals surface area (Å²) in [7, 11) is 0. The predicted octanol–water partition coefficient (Wildman–Crippen LogP) is 3.04. The van der Waals surface area contributed by atoms with Gasteiger partial charge in [0.2, 0.25) is 0 Å². The zero-order valence-electron chi connectivity index (χ0n) is 10.4. The van der Waals surface area contributed by atoms with E-state index in [-0.39, 0.29) is 5.91 Å². The largest absolute Gasteiger partial charge is 0.376 e. The summed E-state index contributed by atoms with van der Waals surface area (Å²) >= 11 is 12.1. The standard InChI is InChI=1S/C13H11Cl2N3O2/c14-8-2-1-3-9(15)12(8)16-13(19)11-7-6-20-5-4-10(7)17-18-11/h1-3H,4-6H2,(H,16,19)(H,17,18). The van der Waals surface area contributed by atoms with Crippen molar-refractivity contribution in [1.82, 2.24) is 10.2 Å². The first kappa shape index (κ1) is 13.4. The molecule has 0 radical (unpaired) electrons. The molecule has 1 aliphatic rings. The number of carbonyl (C=O) groups excluding carboxylic acids is 1. The maximum absolute atomic E-state index is 12.3. The number of H-pyrrole nitrogens is 1. The van der Waals surface area contributed by atoms with E-state index in [0.29, 0.717) is 34.6 Å². The number of nitrogens with one attached hydrogen (secondary N) is 2. The zero-order valence-corrected chi connectivity index (χ0v) is 11.9. The lowest BCUT2D eigenvalue weighted by molar-refractivity contribution is 0.0985. The molecule has 0 fully saturated rings. The maximum Gasteiger partial charge on any atom is 0.276 e. The number of ether oxygens (including phenoxy) is 1. The molecule has 0 unspecified atom stereocenters. The molecule has 104 valence electrons. The highest BCUT2D eigenvalue weighted by Gasteiger charge is 2.23. The summed E-state index contributed by atoms with van der Waals surface area (Å²) in [6.45, 7) is 1.01. The molecule has 2 N–H and O–H groups in total. The fraction of sp³-hybridized carbons (Fsp3) is 0.231. The summed E-state index contributed by atoms with van der Waals surface area (Å²) in [6.07, 6.45) is 0.725. The van der Waals surface area contributed by atoms with E-state index in [1.807, 2.05) is 0 Å². The number of aromatic amines is 1. The molecule has 7 heteroatoms. The van der Waals surface area contributed by atoms with E-state index in [1.165, 1.54) is 0 Å². The predicted molar refractivity (Wildman–Crippen MR) is 76.4 cm³/mol. The van der Waals surface area contributed by atoms with Gasteiger partial charge in [0.15, 0.2) is 5.69 Å². The molecule has 1 aromatic heterocycles. The van der Waals surface area contributed by atoms with Crippen LogP contribution in [0.3, 0.4) is 0 Å². The Morgan fingerprint density at radius 2 is 2.10 bits per heavy atom. The average molecular weight is 312 g/mol. The van der Waals surface area contributed by atoms with Crippen LogP contribution in [0.1, 0.15) is 21.7 Å². The first-order chi connectivity index (χ1) is 9.66. The number of hydrogen-bond donors (Lipinski definition) is 2. The third kappa shape index (κ3) is 2.40. The summed E-state index contributed by atoms with van der Waals surface area (Å²) in [5.74, 6) is -0.358. The number of benzene rings is 1. The Labute approximate surface area is 125 Å². The molecule has 1 aliphatic heterocycles. The first-order valence-electron chi connectivity index (χ1n) is 6.06. The van der Waals surface area contributed by atoms with Crippen molar-refractivity contribution in [2.75, 3.05) is 11.9 Å². The highest BCUT2D eigenvalue weighted by Crippen LogP contribution is 2.30. The van der Waals surface area contributed by atoms with Crippen LogP contribution in [-0.2, 0) is 17.8 Å². The van der Waals surface area contributed by atoms with Gasteiger partial charge in [0, 0.05) is 17.7 Å². The number of halogens is 2. The monoisotopic (exact) mass is 311 g/mol. The third-order valence-electron chi connectivity index (χ3n) is 3.11. The summed E-state index contributed by atoms with van der Waals surface area (Å²) in [6, 6.07) is 5.03. The van der Waals surface area contributed by atoms with Crippen LogP contribution in [0, 0.1) is 0 Å². The minimum Gasteiger partial charge on any atom is -0.376 e. The van der Waals surface area contributed by atoms with Crippen LogP contribution in [0.2, 0.25) is 10.0 Å². The molecule has 0 atom stereocenters. The van der Waals surface area contributed by atoms with E-state index >= 15 is 0 Å². The number of amides is 1. The second-order valence-electron chi connectivity index (χ2n) is 4.38. The van der Waals surface area contributed by atoms with E-state index in [1.54, 1.807) is 18.2 Å². The number of hydrogen-bond acceptors (Lipinski definition) is 3. The second-order valence-corrected chi connectivity index (χ2v) is 5.20. The number of fused-ring (bicyclic) bond motifs is 1. The smallest absolute Gasteiger partial charge is 0.276 e. The van der Waals surface area contributed by atoms with Crippen LogP contribution in [-0.4, -0.2) is 22.7 Å². The van der Waals surface area contributed by atoms with Gasteiger partial charge < -0.3 is 10.1 Å². The van der Waals surface area contributed by atoms with Gasteiger partial charge in [0.25, 0.3) is 5.91 Å². The van der Waals surface area contributed by atoms with Gasteiger partial charge >= 0.3 is 0 Å². The van der Waals surface area contributed by atoms with E-state index in [4.69, 9.17) is 27.9 Å². The molecule has 0 spiro atoms. The molecular formula is C13H11Cl2N3O2. The SMILES string of the molecule is O=C(Nc1c(Cl)cccc1Cl)c1n[nH]c2c1COCC2. The molecule has 0 saturated carbocycles. The number of anilines is 1. The Morgan fingerprint density at radius 1 is 1.35 bits per heavy atom. The number of rotatable bonds is 2. The van der Waals surface area contributed by atoms with Crippen LogP contribution < -0.4 is 5.32 Å². The van der Waals surface area contributed by atoms with Crippen LogP contribution >= 0.6 is 23.2 Å². The summed E-state index contributed by atoms with van der Waals surface area (Å²) in [5.41, 5.74) is 2.42. The van der Waals surface area contributed by atoms with Gasteiger partial charge in [0.05, 0.1) is 28.9 Å². The summed E-state index contributed by atoms with van der Waals surface area (Å²) < 4.78 is 5.35. The number of aromatic nitrogens is 2. The maximum atomic E-state index is 12.3. The Bertz CT molecular complexity index is 649. The molecule has 3 rings (SSSR count). The fourth-order valence-electron chi connectivity index (χ4n) is 2.09. The Morgan fingerprint density at radius 3 is 2.85 bits per heavy atom. The van der Waals surface area contributed by atoms with Gasteiger partial charge in [-0.3, -0.25) is 9.89 Å². The highest BCUT2D eigenvalue weighted by molar-refractivity contribution is 6.40. The van der Waals surface area contributed by atoms with E-state index in [0.717, 1.165) is 17.7 Å². The van der Waals surface area contributed by atoms with Crippen LogP contribution in [0.25, 0.3) is 0 Å². The number of nitrogens with zero attached hydrogens (tertiary/aromatic N) is 1. The molecule has 0 aliphatic carbocycles. The van der Waals surface area contributed by atoms with Gasteiger partial charge in [-0.15, -0.1) is 0 Å². The fourth-order valence-corrected chi connectivity index (χ4v) is 2.58. The lowest BCUT2D eigenvalue weighted by atomic mass is 10.1. The Kier molecular flexibility index (Phi) is 3.65. The lowest BCUT2D eigenvalue weighted by Gasteiger charge is -2.13. The van der Waals surface area contributed by atoms with Crippen LogP contribution in [0.15, 0.2) is 18.2 Å². The molecule has 1 aromatic carbocycles. The molecule has 0 bridgehead atoms. The minimum absolute atomic E-state index is 0.315. The van der Waals surface area contributed by atoms with Crippen molar-refractivity contribution in [2.24, 2.45) is 0 Å². The number of para-hydroxylation sites is 1. The topological polar surface area (TPSA) is 67.0 Å². The lowest BCUT2D eigenvalue weighted by Crippen LogP contribution is -2.17. The normalized spacial score (nSPS) is 13.9. The van der Waals surface area contributed by atoms with Gasteiger partial charge in [-0.25, -0.2) is 0 Å².